The number of aromatic amines is 1. The van der Waals surface area contributed by atoms with Crippen LogP contribution in [0.2, 0.25) is 0 Å². The van der Waals surface area contributed by atoms with Crippen LogP contribution in [0.1, 0.15) is 25.2 Å². The highest BCUT2D eigenvalue weighted by atomic mass is 32.9. The van der Waals surface area contributed by atoms with E-state index in [0.29, 0.717) is 23.7 Å². The zero-order valence-corrected chi connectivity index (χ0v) is 16.7. The molecule has 1 aromatic heterocycles. The predicted molar refractivity (Wildman–Crippen MR) is 102 cm³/mol. The Morgan fingerprint density at radius 3 is 2.39 bits per heavy atom. The number of nitrogens with one attached hydrogen (secondary N) is 1. The van der Waals surface area contributed by atoms with Gasteiger partial charge in [0.1, 0.15) is 5.82 Å². The Balaban J connectivity index is 2.23. The van der Waals surface area contributed by atoms with E-state index in [-0.39, 0.29) is 0 Å². The molecule has 2 rings (SSSR count). The van der Waals surface area contributed by atoms with Gasteiger partial charge in [0, 0.05) is 5.69 Å². The van der Waals surface area contributed by atoms with Crippen molar-refractivity contribution in [2.24, 2.45) is 0 Å². The molecule has 0 aliphatic heterocycles. The molecule has 0 amide bonds. The number of hydrogen-bond acceptors (Lipinski definition) is 6. The molecule has 0 radical (unpaired) electrons. The second kappa shape index (κ2) is 8.55. The molecule has 9 heteroatoms. The molecule has 0 bridgehead atoms. The van der Waals surface area contributed by atoms with Gasteiger partial charge in [-0.05, 0) is 56.9 Å². The zero-order valence-electron chi connectivity index (χ0n) is 13.3. The second-order valence-electron chi connectivity index (χ2n) is 4.67. The van der Waals surface area contributed by atoms with E-state index in [2.05, 4.69) is 17.1 Å². The number of benzene rings is 1. The molecule has 126 valence electrons. The first-order valence-electron chi connectivity index (χ1n) is 7.26. The van der Waals surface area contributed by atoms with Crippen molar-refractivity contribution in [1.29, 1.82) is 0 Å². The van der Waals surface area contributed by atoms with E-state index in [1.165, 1.54) is 16.9 Å². The lowest BCUT2D eigenvalue weighted by Crippen LogP contribution is -2.01. The summed E-state index contributed by atoms with van der Waals surface area (Å²) < 4.78 is 13.8. The highest BCUT2D eigenvalue weighted by Gasteiger charge is 2.21. The van der Waals surface area contributed by atoms with Gasteiger partial charge in [-0.1, -0.05) is 29.1 Å². The van der Waals surface area contributed by atoms with Crippen LogP contribution in [-0.2, 0) is 26.6 Å². The largest absolute Gasteiger partial charge is 0.322 e. The summed E-state index contributed by atoms with van der Waals surface area (Å²) in [6.45, 7) is 6.96. The molecule has 0 saturated heterocycles. The Morgan fingerprint density at radius 1 is 1.22 bits per heavy atom. The molecule has 1 aromatic carbocycles. The Bertz CT molecular complexity index is 732. The number of H-pyrrole nitrogens is 1. The van der Waals surface area contributed by atoms with Crippen LogP contribution in [0, 0.1) is 11.7 Å². The molecule has 2 aromatic rings. The van der Waals surface area contributed by atoms with Gasteiger partial charge in [0.2, 0.25) is 5.69 Å². The maximum atomic E-state index is 5.65. The number of aromatic nitrogens is 3. The molecule has 1 heterocycles. The number of hydrogen-bond donors (Lipinski definition) is 1. The van der Waals surface area contributed by atoms with Gasteiger partial charge >= 0.3 is 0 Å². The molecular weight excluding hydrogens is 369 g/mol. The highest BCUT2D eigenvalue weighted by molar-refractivity contribution is 8.67. The Morgan fingerprint density at radius 2 is 1.83 bits per heavy atom. The summed E-state index contributed by atoms with van der Waals surface area (Å²) in [6, 6.07) is 8.14. The van der Waals surface area contributed by atoms with E-state index >= 15 is 0 Å². The fourth-order valence-corrected chi connectivity index (χ4v) is 6.54. The lowest BCUT2D eigenvalue weighted by atomic mass is 10.2. The van der Waals surface area contributed by atoms with Crippen molar-refractivity contribution in [1.82, 2.24) is 14.8 Å². The zero-order chi connectivity index (χ0) is 16.9. The molecule has 0 spiro atoms. The van der Waals surface area contributed by atoms with Crippen LogP contribution in [-0.4, -0.2) is 28.0 Å². The highest BCUT2D eigenvalue weighted by Crippen LogP contribution is 2.61. The van der Waals surface area contributed by atoms with E-state index in [1.807, 2.05) is 42.7 Å². The van der Waals surface area contributed by atoms with Crippen LogP contribution in [0.15, 0.2) is 24.3 Å². The minimum atomic E-state index is -2.35. The smallest absolute Gasteiger partial charge is 0.247 e. The van der Waals surface area contributed by atoms with Gasteiger partial charge in [-0.25, -0.2) is 0 Å². The molecule has 0 aliphatic rings. The van der Waals surface area contributed by atoms with Crippen LogP contribution >= 0.6 is 29.3 Å². The minimum Gasteiger partial charge on any atom is -0.322 e. The fourth-order valence-electron chi connectivity index (χ4n) is 1.95. The van der Waals surface area contributed by atoms with Crippen LogP contribution in [0.3, 0.4) is 0 Å². The van der Waals surface area contributed by atoms with Crippen molar-refractivity contribution in [3.8, 4) is 5.69 Å². The quantitative estimate of drug-likeness (QED) is 0.518. The van der Waals surface area contributed by atoms with Crippen LogP contribution in [0.4, 0.5) is 0 Å². The minimum absolute atomic E-state index is 0.537. The normalized spacial score (nSPS) is 11.8. The molecule has 0 saturated carbocycles. The van der Waals surface area contributed by atoms with Crippen LogP contribution in [0.25, 0.3) is 5.69 Å². The SMILES string of the molecule is CCOP(=S)(OCC)SCc1n[nH]c(=S)n1-c1ccc(C)cc1. The summed E-state index contributed by atoms with van der Waals surface area (Å²) >= 11 is 12.4. The van der Waals surface area contributed by atoms with E-state index in [0.717, 1.165) is 11.5 Å². The van der Waals surface area contributed by atoms with Gasteiger partial charge in [-0.15, -0.1) is 0 Å². The van der Waals surface area contributed by atoms with Gasteiger partial charge in [0.05, 0.1) is 19.0 Å². The summed E-state index contributed by atoms with van der Waals surface area (Å²) in [5, 5.41) is 7.17. The average Bonchev–Trinajstić information content (AvgIpc) is 2.88. The number of nitrogens with zero attached hydrogens (tertiary/aromatic N) is 2. The van der Waals surface area contributed by atoms with Gasteiger partial charge in [-0.3, -0.25) is 9.67 Å². The Kier molecular flexibility index (Phi) is 7.00. The van der Waals surface area contributed by atoms with Crippen LogP contribution in [0.5, 0.6) is 0 Å². The third-order valence-corrected chi connectivity index (χ3v) is 8.64. The fraction of sp³-hybridized carbons (Fsp3) is 0.429. The first-order valence-corrected chi connectivity index (χ1v) is 11.9. The molecule has 0 atom stereocenters. The summed E-state index contributed by atoms with van der Waals surface area (Å²) in [4.78, 5) is 0. The lowest BCUT2D eigenvalue weighted by molar-refractivity contribution is 0.280. The topological polar surface area (TPSA) is 52.1 Å². The summed E-state index contributed by atoms with van der Waals surface area (Å²) in [7, 11) is 0. The first kappa shape index (κ1) is 18.8. The molecule has 5 nitrogen and oxygen atoms in total. The second-order valence-corrected chi connectivity index (χ2v) is 11.4. The van der Waals surface area contributed by atoms with E-state index in [9.17, 15) is 0 Å². The molecule has 0 aliphatic carbocycles. The molecule has 1 N–H and O–H groups in total. The summed E-state index contributed by atoms with van der Waals surface area (Å²) in [6.07, 6.45) is 0. The van der Waals surface area contributed by atoms with Crippen LogP contribution < -0.4 is 0 Å². The van der Waals surface area contributed by atoms with Crippen molar-refractivity contribution in [2.75, 3.05) is 13.2 Å². The number of rotatable bonds is 8. The van der Waals surface area contributed by atoms with Gasteiger partial charge in [-0.2, -0.15) is 5.10 Å². The Labute approximate surface area is 150 Å². The lowest BCUT2D eigenvalue weighted by Gasteiger charge is -2.19. The van der Waals surface area contributed by atoms with Gasteiger partial charge < -0.3 is 9.05 Å². The third kappa shape index (κ3) is 4.98. The summed E-state index contributed by atoms with van der Waals surface area (Å²) in [5.74, 6) is 1.37. The van der Waals surface area contributed by atoms with Crippen molar-refractivity contribution in [2.45, 2.75) is 26.5 Å². The first-order chi connectivity index (χ1) is 11.0. The molecule has 23 heavy (non-hydrogen) atoms. The van der Waals surface area contributed by atoms with Gasteiger partial charge in [0.25, 0.3) is 0 Å². The van der Waals surface area contributed by atoms with Crippen molar-refractivity contribution in [3.63, 3.8) is 0 Å². The van der Waals surface area contributed by atoms with Crippen molar-refractivity contribution in [3.05, 3.63) is 40.4 Å². The molecular formula is C14H20N3O2PS3. The monoisotopic (exact) mass is 389 g/mol. The summed E-state index contributed by atoms with van der Waals surface area (Å²) in [5.41, 5.74) is -0.171. The maximum absolute atomic E-state index is 5.65. The van der Waals surface area contributed by atoms with Crippen molar-refractivity contribution >= 4 is 41.1 Å². The molecule has 0 unspecified atom stereocenters. The maximum Gasteiger partial charge on any atom is 0.247 e. The van der Waals surface area contributed by atoms with E-state index in [4.69, 9.17) is 33.1 Å². The Hall–Kier alpha value is -0.500. The molecule has 0 fully saturated rings. The standard InChI is InChI=1S/C14H20N3O2PS3/c1-4-18-20(22,19-5-2)23-10-13-15-16-14(21)17(13)12-8-6-11(3)7-9-12/h6-9H,4-5,10H2,1-3H3,(H,16,21). The van der Waals surface area contributed by atoms with E-state index < -0.39 is 5.69 Å². The van der Waals surface area contributed by atoms with E-state index in [1.54, 1.807) is 0 Å². The average molecular weight is 390 g/mol. The van der Waals surface area contributed by atoms with Crippen molar-refractivity contribution < 1.29 is 9.05 Å². The van der Waals surface area contributed by atoms with Gasteiger partial charge in [0.15, 0.2) is 4.77 Å². The third-order valence-electron chi connectivity index (χ3n) is 2.96. The number of aryl methyl sites for hydroxylation is 1. The predicted octanol–water partition coefficient (Wildman–Crippen LogP) is 4.77.